The van der Waals surface area contributed by atoms with Gasteiger partial charge in [-0.15, -0.1) is 0 Å². The standard InChI is InChI=1S/C9H10ClN/c1-2-9(11)7-5-3-4-6-8(7)10/h3-6,11H,2H2,1H3. The Kier molecular flexibility index (Phi) is 2.66. The van der Waals surface area contributed by atoms with Crippen LogP contribution in [0.4, 0.5) is 0 Å². The highest BCUT2D eigenvalue weighted by Gasteiger charge is 2.01. The zero-order valence-electron chi connectivity index (χ0n) is 6.39. The number of hydrogen-bond acceptors (Lipinski definition) is 1. The van der Waals surface area contributed by atoms with Gasteiger partial charge >= 0.3 is 0 Å². The van der Waals surface area contributed by atoms with Gasteiger partial charge in [0.25, 0.3) is 0 Å². The Morgan fingerprint density at radius 1 is 1.45 bits per heavy atom. The van der Waals surface area contributed by atoms with Crippen LogP contribution in [0.2, 0.25) is 5.02 Å². The van der Waals surface area contributed by atoms with Gasteiger partial charge in [-0.25, -0.2) is 0 Å². The summed E-state index contributed by atoms with van der Waals surface area (Å²) in [6.45, 7) is 1.95. The Hall–Kier alpha value is -0.820. The average Bonchev–Trinajstić information content (AvgIpc) is 2.04. The maximum absolute atomic E-state index is 7.53. The molecule has 1 rings (SSSR count). The monoisotopic (exact) mass is 167 g/mol. The van der Waals surface area contributed by atoms with Crippen LogP contribution in [0.25, 0.3) is 0 Å². The molecule has 0 aliphatic rings. The van der Waals surface area contributed by atoms with E-state index in [2.05, 4.69) is 0 Å². The van der Waals surface area contributed by atoms with Crippen molar-refractivity contribution >= 4 is 17.3 Å². The van der Waals surface area contributed by atoms with Crippen LogP contribution in [-0.4, -0.2) is 5.71 Å². The molecule has 2 heteroatoms. The fourth-order valence-electron chi connectivity index (χ4n) is 0.896. The lowest BCUT2D eigenvalue weighted by molar-refractivity contribution is 1.24. The van der Waals surface area contributed by atoms with Crippen LogP contribution in [0.3, 0.4) is 0 Å². The fraction of sp³-hybridized carbons (Fsp3) is 0.222. The lowest BCUT2D eigenvalue weighted by Crippen LogP contribution is -1.96. The van der Waals surface area contributed by atoms with E-state index in [9.17, 15) is 0 Å². The lowest BCUT2D eigenvalue weighted by atomic mass is 10.1. The summed E-state index contributed by atoms with van der Waals surface area (Å²) in [7, 11) is 0. The van der Waals surface area contributed by atoms with E-state index in [1.165, 1.54) is 0 Å². The predicted octanol–water partition coefficient (Wildman–Crippen LogP) is 3.12. The van der Waals surface area contributed by atoms with Gasteiger partial charge < -0.3 is 5.41 Å². The van der Waals surface area contributed by atoms with Crippen LogP contribution in [0.15, 0.2) is 24.3 Å². The van der Waals surface area contributed by atoms with Crippen molar-refractivity contribution in [2.45, 2.75) is 13.3 Å². The second kappa shape index (κ2) is 3.54. The van der Waals surface area contributed by atoms with E-state index in [1.54, 1.807) is 6.07 Å². The fourth-order valence-corrected chi connectivity index (χ4v) is 1.15. The van der Waals surface area contributed by atoms with Crippen LogP contribution in [0.1, 0.15) is 18.9 Å². The molecule has 0 bridgehead atoms. The highest BCUT2D eigenvalue weighted by molar-refractivity contribution is 6.34. The first kappa shape index (κ1) is 8.28. The summed E-state index contributed by atoms with van der Waals surface area (Å²) in [6.07, 6.45) is 0.726. The minimum atomic E-state index is 0.593. The molecule has 1 N–H and O–H groups in total. The van der Waals surface area contributed by atoms with Gasteiger partial charge in [0, 0.05) is 16.3 Å². The van der Waals surface area contributed by atoms with Gasteiger partial charge in [-0.3, -0.25) is 0 Å². The van der Waals surface area contributed by atoms with Crippen molar-refractivity contribution in [2.24, 2.45) is 0 Å². The molecule has 0 atom stereocenters. The molecule has 0 unspecified atom stereocenters. The minimum absolute atomic E-state index is 0.593. The number of benzene rings is 1. The van der Waals surface area contributed by atoms with E-state index < -0.39 is 0 Å². The second-order valence-electron chi connectivity index (χ2n) is 2.31. The smallest absolute Gasteiger partial charge is 0.0496 e. The van der Waals surface area contributed by atoms with E-state index in [0.29, 0.717) is 10.7 Å². The molecule has 0 aliphatic heterocycles. The largest absolute Gasteiger partial charge is 0.305 e. The highest BCUT2D eigenvalue weighted by Crippen LogP contribution is 2.16. The second-order valence-corrected chi connectivity index (χ2v) is 2.72. The van der Waals surface area contributed by atoms with Crippen molar-refractivity contribution in [1.29, 1.82) is 5.41 Å². The quantitative estimate of drug-likeness (QED) is 0.655. The molecule has 0 fully saturated rings. The summed E-state index contributed by atoms with van der Waals surface area (Å²) in [4.78, 5) is 0. The molecular weight excluding hydrogens is 158 g/mol. The molecule has 0 aliphatic carbocycles. The molecule has 0 amide bonds. The summed E-state index contributed by atoms with van der Waals surface area (Å²) in [5.41, 5.74) is 1.44. The van der Waals surface area contributed by atoms with Crippen molar-refractivity contribution in [3.63, 3.8) is 0 Å². The Balaban J connectivity index is 3.03. The average molecular weight is 168 g/mol. The summed E-state index contributed by atoms with van der Waals surface area (Å²) in [6, 6.07) is 7.44. The Bertz CT molecular complexity index is 268. The van der Waals surface area contributed by atoms with E-state index in [1.807, 2.05) is 25.1 Å². The minimum Gasteiger partial charge on any atom is -0.305 e. The molecule has 11 heavy (non-hydrogen) atoms. The zero-order chi connectivity index (χ0) is 8.27. The molecule has 1 aromatic rings. The van der Waals surface area contributed by atoms with Crippen molar-refractivity contribution in [3.8, 4) is 0 Å². The topological polar surface area (TPSA) is 23.9 Å². The van der Waals surface area contributed by atoms with Gasteiger partial charge in [-0.1, -0.05) is 36.7 Å². The number of hydrogen-bond donors (Lipinski definition) is 1. The Morgan fingerprint density at radius 2 is 2.09 bits per heavy atom. The molecule has 1 nitrogen and oxygen atoms in total. The normalized spacial score (nSPS) is 9.64. The first-order chi connectivity index (χ1) is 5.25. The van der Waals surface area contributed by atoms with Crippen molar-refractivity contribution in [1.82, 2.24) is 0 Å². The van der Waals surface area contributed by atoms with Crippen LogP contribution in [0, 0.1) is 5.41 Å². The van der Waals surface area contributed by atoms with Crippen LogP contribution >= 0.6 is 11.6 Å². The summed E-state index contributed by atoms with van der Waals surface area (Å²) in [5, 5.41) is 8.20. The molecular formula is C9H10ClN. The van der Waals surface area contributed by atoms with Gasteiger partial charge in [0.15, 0.2) is 0 Å². The van der Waals surface area contributed by atoms with E-state index in [0.717, 1.165) is 12.0 Å². The lowest BCUT2D eigenvalue weighted by Gasteiger charge is -2.01. The van der Waals surface area contributed by atoms with Crippen LogP contribution in [0.5, 0.6) is 0 Å². The summed E-state index contributed by atoms with van der Waals surface area (Å²) in [5.74, 6) is 0. The number of nitrogens with one attached hydrogen (secondary N) is 1. The molecule has 1 aromatic carbocycles. The molecule has 0 heterocycles. The third-order valence-electron chi connectivity index (χ3n) is 1.55. The zero-order valence-corrected chi connectivity index (χ0v) is 7.15. The first-order valence-corrected chi connectivity index (χ1v) is 3.95. The van der Waals surface area contributed by atoms with Gasteiger partial charge in [0.1, 0.15) is 0 Å². The first-order valence-electron chi connectivity index (χ1n) is 3.58. The van der Waals surface area contributed by atoms with Gasteiger partial charge in [-0.2, -0.15) is 0 Å². The Labute approximate surface area is 71.5 Å². The maximum Gasteiger partial charge on any atom is 0.0496 e. The Morgan fingerprint density at radius 3 is 2.64 bits per heavy atom. The molecule has 0 saturated heterocycles. The summed E-state index contributed by atoms with van der Waals surface area (Å²) >= 11 is 5.86. The molecule has 0 spiro atoms. The molecule has 58 valence electrons. The number of rotatable bonds is 2. The van der Waals surface area contributed by atoms with Crippen molar-refractivity contribution < 1.29 is 0 Å². The van der Waals surface area contributed by atoms with Crippen molar-refractivity contribution in [2.75, 3.05) is 0 Å². The third kappa shape index (κ3) is 1.81. The van der Waals surface area contributed by atoms with Gasteiger partial charge in [0.05, 0.1) is 0 Å². The van der Waals surface area contributed by atoms with Crippen molar-refractivity contribution in [3.05, 3.63) is 34.9 Å². The SMILES string of the molecule is CCC(=N)c1ccccc1Cl. The van der Waals surface area contributed by atoms with Crippen LogP contribution < -0.4 is 0 Å². The van der Waals surface area contributed by atoms with E-state index in [4.69, 9.17) is 17.0 Å². The maximum atomic E-state index is 7.53. The van der Waals surface area contributed by atoms with Gasteiger partial charge in [-0.05, 0) is 12.5 Å². The molecule has 0 aromatic heterocycles. The summed E-state index contributed by atoms with van der Waals surface area (Å²) < 4.78 is 0. The van der Waals surface area contributed by atoms with E-state index in [-0.39, 0.29) is 0 Å². The highest BCUT2D eigenvalue weighted by atomic mass is 35.5. The number of halogens is 1. The molecule has 0 radical (unpaired) electrons. The predicted molar refractivity (Wildman–Crippen MR) is 48.6 cm³/mol. The van der Waals surface area contributed by atoms with Gasteiger partial charge in [0.2, 0.25) is 0 Å². The molecule has 0 saturated carbocycles. The third-order valence-corrected chi connectivity index (χ3v) is 1.88. The van der Waals surface area contributed by atoms with Crippen LogP contribution in [-0.2, 0) is 0 Å². The van der Waals surface area contributed by atoms with E-state index >= 15 is 0 Å².